The maximum Gasteiger partial charge on any atom is 0.167 e. The lowest BCUT2D eigenvalue weighted by Crippen LogP contribution is -2.45. The zero-order chi connectivity index (χ0) is 12.9. The fourth-order valence-electron chi connectivity index (χ4n) is 3.19. The second-order valence-corrected chi connectivity index (χ2v) is 5.47. The van der Waals surface area contributed by atoms with Gasteiger partial charge in [0.1, 0.15) is 5.60 Å². The van der Waals surface area contributed by atoms with Crippen molar-refractivity contribution in [3.63, 3.8) is 0 Å². The third-order valence-corrected chi connectivity index (χ3v) is 4.32. The highest BCUT2D eigenvalue weighted by Gasteiger charge is 2.40. The van der Waals surface area contributed by atoms with Gasteiger partial charge in [0, 0.05) is 12.5 Å². The number of ether oxygens (including phenoxy) is 1. The number of carbonyl (C=O) groups excluding carboxylic acids is 1. The van der Waals surface area contributed by atoms with Crippen LogP contribution >= 0.6 is 0 Å². The summed E-state index contributed by atoms with van der Waals surface area (Å²) in [6.45, 7) is 9.03. The molecule has 0 N–H and O–H groups in total. The lowest BCUT2D eigenvalue weighted by Gasteiger charge is -2.36. The highest BCUT2D eigenvalue weighted by Crippen LogP contribution is 2.35. The van der Waals surface area contributed by atoms with E-state index in [4.69, 9.17) is 4.74 Å². The van der Waals surface area contributed by atoms with Crippen molar-refractivity contribution in [1.29, 1.82) is 0 Å². The zero-order valence-corrected chi connectivity index (χ0v) is 11.9. The molecule has 0 amide bonds. The maximum atomic E-state index is 12.7. The van der Waals surface area contributed by atoms with Gasteiger partial charge in [-0.05, 0) is 38.5 Å². The van der Waals surface area contributed by atoms with Crippen molar-refractivity contribution in [1.82, 2.24) is 0 Å². The van der Waals surface area contributed by atoms with Crippen LogP contribution in [0.3, 0.4) is 0 Å². The third kappa shape index (κ3) is 3.31. The number of ketones is 1. The van der Waals surface area contributed by atoms with Gasteiger partial charge in [0.15, 0.2) is 5.78 Å². The summed E-state index contributed by atoms with van der Waals surface area (Å²) < 4.78 is 5.83. The first-order valence-corrected chi connectivity index (χ1v) is 7.27. The number of carbonyl (C=O) groups is 1. The summed E-state index contributed by atoms with van der Waals surface area (Å²) in [5.74, 6) is 1.31. The topological polar surface area (TPSA) is 26.3 Å². The second kappa shape index (κ2) is 6.53. The predicted molar refractivity (Wildman–Crippen MR) is 71.1 cm³/mol. The summed E-state index contributed by atoms with van der Waals surface area (Å²) in [7, 11) is 0. The molecule has 0 spiro atoms. The summed E-state index contributed by atoms with van der Waals surface area (Å²) >= 11 is 0. The van der Waals surface area contributed by atoms with Gasteiger partial charge in [-0.25, -0.2) is 0 Å². The van der Waals surface area contributed by atoms with E-state index in [0.717, 1.165) is 25.7 Å². The predicted octanol–water partition coefficient (Wildman–Crippen LogP) is 3.98. The summed E-state index contributed by atoms with van der Waals surface area (Å²) in [6.07, 6.45) is 6.23. The molecule has 0 aromatic heterocycles. The van der Waals surface area contributed by atoms with E-state index in [1.165, 1.54) is 12.8 Å². The van der Waals surface area contributed by atoms with Gasteiger partial charge in [0.05, 0.1) is 0 Å². The van der Waals surface area contributed by atoms with E-state index in [2.05, 4.69) is 20.8 Å². The lowest BCUT2D eigenvalue weighted by atomic mass is 9.74. The molecule has 0 aromatic rings. The van der Waals surface area contributed by atoms with Crippen LogP contribution in [0.4, 0.5) is 0 Å². The van der Waals surface area contributed by atoms with E-state index in [1.54, 1.807) is 0 Å². The average molecular weight is 240 g/mol. The highest BCUT2D eigenvalue weighted by atomic mass is 16.5. The molecule has 2 atom stereocenters. The van der Waals surface area contributed by atoms with Crippen LogP contribution in [-0.2, 0) is 9.53 Å². The molecule has 1 saturated carbocycles. The minimum atomic E-state index is -0.503. The fourth-order valence-corrected chi connectivity index (χ4v) is 3.19. The summed E-state index contributed by atoms with van der Waals surface area (Å²) in [5, 5.41) is 0. The van der Waals surface area contributed by atoms with Crippen LogP contribution in [0.5, 0.6) is 0 Å². The second-order valence-electron chi connectivity index (χ2n) is 5.47. The van der Waals surface area contributed by atoms with Crippen molar-refractivity contribution < 1.29 is 9.53 Å². The van der Waals surface area contributed by atoms with Crippen molar-refractivity contribution in [3.8, 4) is 0 Å². The Hall–Kier alpha value is -0.370. The molecule has 0 bridgehead atoms. The van der Waals surface area contributed by atoms with Gasteiger partial charge in [-0.3, -0.25) is 4.79 Å². The van der Waals surface area contributed by atoms with Gasteiger partial charge >= 0.3 is 0 Å². The Morgan fingerprint density at radius 1 is 1.24 bits per heavy atom. The van der Waals surface area contributed by atoms with E-state index >= 15 is 0 Å². The molecule has 2 heteroatoms. The molecule has 1 rings (SSSR count). The minimum absolute atomic E-state index is 0.241. The van der Waals surface area contributed by atoms with Gasteiger partial charge in [-0.15, -0.1) is 0 Å². The lowest BCUT2D eigenvalue weighted by molar-refractivity contribution is -0.151. The van der Waals surface area contributed by atoms with Gasteiger partial charge < -0.3 is 4.74 Å². The van der Waals surface area contributed by atoms with E-state index < -0.39 is 5.60 Å². The largest absolute Gasteiger partial charge is 0.368 e. The van der Waals surface area contributed by atoms with Crippen LogP contribution in [0.25, 0.3) is 0 Å². The Morgan fingerprint density at radius 3 is 2.35 bits per heavy atom. The quantitative estimate of drug-likeness (QED) is 0.702. The number of hydrogen-bond donors (Lipinski definition) is 0. The number of hydrogen-bond acceptors (Lipinski definition) is 2. The van der Waals surface area contributed by atoms with Crippen LogP contribution in [0.2, 0.25) is 0 Å². The van der Waals surface area contributed by atoms with Crippen molar-refractivity contribution in [2.75, 3.05) is 6.61 Å². The summed E-state index contributed by atoms with van der Waals surface area (Å²) in [5.41, 5.74) is -0.503. The summed E-state index contributed by atoms with van der Waals surface area (Å²) in [6, 6.07) is 0. The molecule has 0 radical (unpaired) electrons. The molecular weight excluding hydrogens is 212 g/mol. The first-order chi connectivity index (χ1) is 8.09. The van der Waals surface area contributed by atoms with Crippen molar-refractivity contribution in [2.24, 2.45) is 11.8 Å². The normalized spacial score (nSPS) is 25.9. The molecule has 100 valence electrons. The van der Waals surface area contributed by atoms with Gasteiger partial charge in [0.2, 0.25) is 0 Å². The fraction of sp³-hybridized carbons (Fsp3) is 0.933. The molecule has 1 aliphatic rings. The zero-order valence-electron chi connectivity index (χ0n) is 11.9. The van der Waals surface area contributed by atoms with Gasteiger partial charge in [-0.2, -0.15) is 0 Å². The van der Waals surface area contributed by atoms with Crippen molar-refractivity contribution in [3.05, 3.63) is 0 Å². The molecular formula is C15H28O2. The van der Waals surface area contributed by atoms with E-state index in [0.29, 0.717) is 18.3 Å². The number of Topliss-reactive ketones (excluding diaryl/α,β-unsaturated/α-hetero) is 1. The molecule has 1 aliphatic carbocycles. The number of rotatable bonds is 6. The smallest absolute Gasteiger partial charge is 0.167 e. The van der Waals surface area contributed by atoms with Crippen LogP contribution in [0, 0.1) is 11.8 Å². The van der Waals surface area contributed by atoms with E-state index in [9.17, 15) is 4.79 Å². The summed E-state index contributed by atoms with van der Waals surface area (Å²) in [4.78, 5) is 12.7. The highest BCUT2D eigenvalue weighted by molar-refractivity contribution is 5.89. The Morgan fingerprint density at radius 2 is 1.88 bits per heavy atom. The van der Waals surface area contributed by atoms with Crippen LogP contribution in [0.15, 0.2) is 0 Å². The molecule has 2 unspecified atom stereocenters. The Kier molecular flexibility index (Phi) is 5.64. The molecule has 0 aliphatic heterocycles. The van der Waals surface area contributed by atoms with E-state index in [-0.39, 0.29) is 5.92 Å². The van der Waals surface area contributed by atoms with Crippen molar-refractivity contribution in [2.45, 2.75) is 71.8 Å². The van der Waals surface area contributed by atoms with Gasteiger partial charge in [0.25, 0.3) is 0 Å². The monoisotopic (exact) mass is 240 g/mol. The molecule has 0 heterocycles. The van der Waals surface area contributed by atoms with Gasteiger partial charge in [-0.1, -0.05) is 33.6 Å². The first-order valence-electron chi connectivity index (χ1n) is 7.27. The van der Waals surface area contributed by atoms with Crippen LogP contribution in [0.1, 0.15) is 66.2 Å². The average Bonchev–Trinajstić information content (AvgIpc) is 2.35. The maximum absolute atomic E-state index is 12.7. The molecule has 0 aromatic carbocycles. The Balaban J connectivity index is 2.76. The van der Waals surface area contributed by atoms with E-state index in [1.807, 2.05) is 6.92 Å². The Labute approximate surface area is 106 Å². The molecule has 0 saturated heterocycles. The molecule has 1 fully saturated rings. The first kappa shape index (κ1) is 14.7. The minimum Gasteiger partial charge on any atom is -0.368 e. The third-order valence-electron chi connectivity index (χ3n) is 4.32. The Bertz CT molecular complexity index is 243. The van der Waals surface area contributed by atoms with Crippen LogP contribution < -0.4 is 0 Å². The van der Waals surface area contributed by atoms with Crippen LogP contribution in [-0.4, -0.2) is 18.0 Å². The molecule has 17 heavy (non-hydrogen) atoms. The molecule has 2 nitrogen and oxygen atoms in total. The SMILES string of the molecule is CCOC(CC)(CC)C(=O)C1CCCC(C)C1. The van der Waals surface area contributed by atoms with Crippen molar-refractivity contribution >= 4 is 5.78 Å². The standard InChI is InChI=1S/C15H28O2/c1-5-15(6-2,17-7-3)14(16)13-10-8-9-12(4)11-13/h12-13H,5-11H2,1-4H3.